The molecule has 0 aliphatic heterocycles. The van der Waals surface area contributed by atoms with Crippen molar-refractivity contribution in [3.63, 3.8) is 0 Å². The molecule has 0 fully saturated rings. The Morgan fingerprint density at radius 1 is 0.621 bits per heavy atom. The van der Waals surface area contributed by atoms with Crippen molar-refractivity contribution < 1.29 is 19.1 Å². The van der Waals surface area contributed by atoms with Crippen molar-refractivity contribution in [1.82, 2.24) is 0 Å². The first-order valence-electron chi connectivity index (χ1n) is 10.1. The normalized spacial score (nSPS) is 8.97. The summed E-state index contributed by atoms with van der Waals surface area (Å²) in [6.45, 7) is 5.14. The van der Waals surface area contributed by atoms with E-state index in [9.17, 15) is 9.59 Å². The van der Waals surface area contributed by atoms with E-state index in [1.54, 1.807) is 0 Å². The Hall–Kier alpha value is 0.439. The number of carbonyl (C=O) groups is 2. The van der Waals surface area contributed by atoms with Gasteiger partial charge in [-0.25, -0.2) is 0 Å². The Labute approximate surface area is 209 Å². The van der Waals surface area contributed by atoms with Gasteiger partial charge in [-0.1, -0.05) is 80.1 Å². The number of carbonyl (C=O) groups excluding carboxylic acids is 2. The van der Waals surface area contributed by atoms with Gasteiger partial charge in [-0.2, -0.15) is 0 Å². The van der Waals surface area contributed by atoms with Crippen LogP contribution in [0.1, 0.15) is 106 Å². The topological polar surface area (TPSA) is 52.6 Å². The van der Waals surface area contributed by atoms with Gasteiger partial charge in [0.2, 0.25) is 0 Å². The molecule has 0 atom stereocenters. The van der Waals surface area contributed by atoms with Crippen molar-refractivity contribution in [2.45, 2.75) is 106 Å². The van der Waals surface area contributed by atoms with Crippen LogP contribution in [0.25, 0.3) is 0 Å². The van der Waals surface area contributed by atoms with Crippen molar-refractivity contribution in [2.24, 2.45) is 0 Å². The minimum Gasteiger partial charge on any atom is -0.789 e. The predicted molar refractivity (Wildman–Crippen MR) is 132 cm³/mol. The molecule has 2 radical (unpaired) electrons. The molecule has 7 heteroatoms. The summed E-state index contributed by atoms with van der Waals surface area (Å²) in [5, 5.41) is 0. The number of unbranched alkanes of at least 4 members (excludes halogenated alkanes) is 8. The first-order valence-corrected chi connectivity index (χ1v) is 11.2. The van der Waals surface area contributed by atoms with Gasteiger partial charge in [-0.05, 0) is 12.8 Å². The van der Waals surface area contributed by atoms with Crippen LogP contribution in [0.4, 0.5) is 0 Å². The van der Waals surface area contributed by atoms with Gasteiger partial charge in [0.15, 0.2) is 0 Å². The summed E-state index contributed by atoms with van der Waals surface area (Å²) in [5.41, 5.74) is 0. The van der Waals surface area contributed by atoms with Crippen LogP contribution in [0.5, 0.6) is 0 Å². The van der Waals surface area contributed by atoms with E-state index in [-0.39, 0.29) is 50.7 Å². The molecule has 0 rings (SSSR count). The van der Waals surface area contributed by atoms with E-state index in [1.807, 2.05) is 0 Å². The van der Waals surface area contributed by atoms with Gasteiger partial charge in [0.1, 0.15) is 0 Å². The summed E-state index contributed by atoms with van der Waals surface area (Å²) in [4.78, 5) is 21.9. The van der Waals surface area contributed by atoms with E-state index < -0.39 is 0 Å². The van der Waals surface area contributed by atoms with Crippen LogP contribution in [-0.2, 0) is 44.3 Å². The third-order valence-corrected chi connectivity index (χ3v) is 4.00. The number of esters is 2. The first-order chi connectivity index (χ1) is 12.6. The quantitative estimate of drug-likeness (QED) is 0.104. The van der Waals surface area contributed by atoms with E-state index >= 15 is 0 Å². The molecule has 0 spiro atoms. The molecule has 0 aliphatic carbocycles. The molecule has 0 heterocycles. The smallest absolute Gasteiger partial charge is 0.789 e. The molecule has 0 aromatic rings. The summed E-state index contributed by atoms with van der Waals surface area (Å²) >= 11 is 9.33. The van der Waals surface area contributed by atoms with E-state index in [0.717, 1.165) is 25.7 Å². The molecule has 174 valence electrons. The van der Waals surface area contributed by atoms with Crippen molar-refractivity contribution >= 4 is 61.1 Å². The maximum absolute atomic E-state index is 11.0. The molecule has 0 saturated heterocycles. The van der Waals surface area contributed by atoms with Crippen LogP contribution in [-0.4, -0.2) is 60.6 Å². The fourth-order valence-corrected chi connectivity index (χ4v) is 2.37. The van der Waals surface area contributed by atoms with E-state index in [4.69, 9.17) is 9.47 Å². The third kappa shape index (κ3) is 39.5. The SMILES string of the molecule is C.C.CCCCCCCC(=O)OCC[S-].CCCCCCCC(=O)OCC[S-].[Sn+2]. The second-order valence-electron chi connectivity index (χ2n) is 6.18. The van der Waals surface area contributed by atoms with Crippen LogP contribution in [0.3, 0.4) is 0 Å². The Morgan fingerprint density at radius 2 is 0.931 bits per heavy atom. The van der Waals surface area contributed by atoms with Gasteiger partial charge in [-0.3, -0.25) is 9.59 Å². The third-order valence-electron chi connectivity index (χ3n) is 3.66. The fourth-order valence-electron chi connectivity index (χ4n) is 2.20. The molecule has 0 bridgehead atoms. The van der Waals surface area contributed by atoms with Crippen LogP contribution >= 0.6 is 0 Å². The maximum atomic E-state index is 11.0. The summed E-state index contributed by atoms with van der Waals surface area (Å²) in [5.74, 6) is 0.811. The van der Waals surface area contributed by atoms with Gasteiger partial charge >= 0.3 is 35.8 Å². The molecular formula is C22H46O4S2Sn. The predicted octanol–water partition coefficient (Wildman–Crippen LogP) is 5.77. The Bertz CT molecular complexity index is 289. The van der Waals surface area contributed by atoms with E-state index in [1.165, 1.54) is 38.5 Å². The van der Waals surface area contributed by atoms with Gasteiger partial charge in [0.25, 0.3) is 0 Å². The standard InChI is InChI=1S/2C10H20O2S.2CH4.Sn/c2*1-2-3-4-5-6-7-10(11)12-8-9-13;;;/h2*13H,2-9H2,1H3;2*1H4;/q;;;;+2/p-2. The first kappa shape index (κ1) is 39.9. The number of hydrogen-bond donors (Lipinski definition) is 0. The molecule has 0 saturated carbocycles. The molecular weight excluding hydrogens is 511 g/mol. The van der Waals surface area contributed by atoms with Crippen LogP contribution in [0.2, 0.25) is 0 Å². The zero-order valence-corrected chi connectivity index (χ0v) is 21.8. The molecule has 29 heavy (non-hydrogen) atoms. The van der Waals surface area contributed by atoms with Crippen molar-refractivity contribution in [1.29, 1.82) is 0 Å². The number of hydrogen-bond acceptors (Lipinski definition) is 6. The van der Waals surface area contributed by atoms with E-state index in [2.05, 4.69) is 39.1 Å². The van der Waals surface area contributed by atoms with Crippen LogP contribution < -0.4 is 0 Å². The van der Waals surface area contributed by atoms with Gasteiger partial charge in [-0.15, -0.1) is 11.5 Å². The summed E-state index contributed by atoms with van der Waals surface area (Å²) in [7, 11) is 0. The van der Waals surface area contributed by atoms with Crippen LogP contribution in [0.15, 0.2) is 0 Å². The maximum Gasteiger partial charge on any atom is 2.00 e. The minimum absolute atomic E-state index is 0. The zero-order valence-electron chi connectivity index (χ0n) is 17.3. The van der Waals surface area contributed by atoms with Crippen LogP contribution in [0, 0.1) is 0 Å². The van der Waals surface area contributed by atoms with E-state index in [0.29, 0.717) is 37.6 Å². The molecule has 0 unspecified atom stereocenters. The van der Waals surface area contributed by atoms with Gasteiger partial charge in [0.05, 0.1) is 13.2 Å². The number of rotatable bonds is 16. The number of ether oxygens (including phenoxy) is 2. The Balaban J connectivity index is -0.000000120. The monoisotopic (exact) mass is 558 g/mol. The van der Waals surface area contributed by atoms with Crippen molar-refractivity contribution in [3.05, 3.63) is 0 Å². The fraction of sp³-hybridized carbons (Fsp3) is 0.909. The molecule has 4 nitrogen and oxygen atoms in total. The summed E-state index contributed by atoms with van der Waals surface area (Å²) < 4.78 is 9.71. The molecule has 0 aromatic heterocycles. The van der Waals surface area contributed by atoms with Gasteiger partial charge < -0.3 is 34.7 Å². The molecule has 0 aromatic carbocycles. The average molecular weight is 557 g/mol. The average Bonchev–Trinajstić information content (AvgIpc) is 2.65. The largest absolute Gasteiger partial charge is 2.00 e. The zero-order chi connectivity index (χ0) is 19.9. The minimum atomic E-state index is -0.0960. The van der Waals surface area contributed by atoms with Gasteiger partial charge in [0, 0.05) is 12.8 Å². The summed E-state index contributed by atoms with van der Waals surface area (Å²) in [6.07, 6.45) is 12.7. The molecule has 0 amide bonds. The summed E-state index contributed by atoms with van der Waals surface area (Å²) in [6, 6.07) is 0. The molecule has 0 N–H and O–H groups in total. The second-order valence-corrected chi connectivity index (χ2v) is 6.99. The Morgan fingerprint density at radius 3 is 1.21 bits per heavy atom. The van der Waals surface area contributed by atoms with Crippen molar-refractivity contribution in [2.75, 3.05) is 24.7 Å². The molecule has 0 aliphatic rings. The Kier molecular flexibility index (Phi) is 49.3. The second kappa shape index (κ2) is 35.8. The van der Waals surface area contributed by atoms with Crippen molar-refractivity contribution in [3.8, 4) is 0 Å².